The van der Waals surface area contributed by atoms with E-state index in [4.69, 9.17) is 4.84 Å². The van der Waals surface area contributed by atoms with Crippen LogP contribution in [0.15, 0.2) is 30.3 Å². The molecule has 1 rings (SSSR count). The van der Waals surface area contributed by atoms with Gasteiger partial charge in [0.2, 0.25) is 0 Å². The molecule has 4 heteroatoms. The average molecular weight is 194 g/mol. The van der Waals surface area contributed by atoms with Gasteiger partial charge in [-0.15, -0.1) is 5.06 Å². The maximum atomic E-state index is 11.2. The molecule has 0 unspecified atom stereocenters. The number of carbonyl (C=O) groups is 1. The van der Waals surface area contributed by atoms with Gasteiger partial charge in [0.1, 0.15) is 0 Å². The van der Waals surface area contributed by atoms with Gasteiger partial charge in [-0.1, -0.05) is 18.2 Å². The van der Waals surface area contributed by atoms with Gasteiger partial charge in [-0.05, 0) is 19.1 Å². The molecule has 0 heterocycles. The molecule has 76 valence electrons. The Hall–Kier alpha value is -1.55. The molecule has 0 aliphatic heterocycles. The number of nitrogens with one attached hydrogen (secondary N) is 1. The highest BCUT2D eigenvalue weighted by Crippen LogP contribution is 2.05. The summed E-state index contributed by atoms with van der Waals surface area (Å²) in [5, 5.41) is 4.06. The molecule has 0 bridgehead atoms. The number of anilines is 1. The molecule has 0 saturated carbocycles. The number of benzene rings is 1. The minimum Gasteiger partial charge on any atom is -0.351 e. The first-order chi connectivity index (χ1) is 6.72. The Labute approximate surface area is 83.4 Å². The summed E-state index contributed by atoms with van der Waals surface area (Å²) in [5.41, 5.74) is 0.724. The van der Waals surface area contributed by atoms with E-state index in [1.54, 1.807) is 19.2 Å². The Morgan fingerprint density at radius 1 is 1.43 bits per heavy atom. The zero-order valence-corrected chi connectivity index (χ0v) is 8.36. The minimum absolute atomic E-state index is 0.472. The summed E-state index contributed by atoms with van der Waals surface area (Å²) in [4.78, 5) is 16.1. The van der Waals surface area contributed by atoms with Crippen molar-refractivity contribution in [3.8, 4) is 0 Å². The van der Waals surface area contributed by atoms with E-state index in [-0.39, 0.29) is 0 Å². The quantitative estimate of drug-likeness (QED) is 0.749. The fourth-order valence-electron chi connectivity index (χ4n) is 0.868. The average Bonchev–Trinajstić information content (AvgIpc) is 2.19. The number of hydroxylamine groups is 2. The molecular formula is C10H14N2O2. The van der Waals surface area contributed by atoms with Crippen molar-refractivity contribution < 1.29 is 9.63 Å². The van der Waals surface area contributed by atoms with Crippen LogP contribution in [0.3, 0.4) is 0 Å². The predicted octanol–water partition coefficient (Wildman–Crippen LogP) is 2.10. The maximum Gasteiger partial charge on any atom is 0.430 e. The topological polar surface area (TPSA) is 41.6 Å². The molecule has 0 spiro atoms. The van der Waals surface area contributed by atoms with Crippen LogP contribution in [0, 0.1) is 0 Å². The Morgan fingerprint density at radius 2 is 2.07 bits per heavy atom. The number of rotatable bonds is 3. The number of hydrogen-bond acceptors (Lipinski definition) is 3. The summed E-state index contributed by atoms with van der Waals surface area (Å²) < 4.78 is 0. The van der Waals surface area contributed by atoms with Gasteiger partial charge in [-0.25, -0.2) is 4.79 Å². The summed E-state index contributed by atoms with van der Waals surface area (Å²) >= 11 is 0. The van der Waals surface area contributed by atoms with Gasteiger partial charge in [0, 0.05) is 19.3 Å². The third-order valence-electron chi connectivity index (χ3n) is 1.70. The Bertz CT molecular complexity index is 287. The molecule has 1 aromatic carbocycles. The molecule has 0 fully saturated rings. The van der Waals surface area contributed by atoms with Gasteiger partial charge < -0.3 is 4.84 Å². The predicted molar refractivity (Wildman–Crippen MR) is 54.8 cm³/mol. The van der Waals surface area contributed by atoms with Gasteiger partial charge in [0.05, 0.1) is 0 Å². The zero-order valence-electron chi connectivity index (χ0n) is 8.36. The Balaban J connectivity index is 2.42. The van der Waals surface area contributed by atoms with Crippen LogP contribution in [0.2, 0.25) is 0 Å². The molecule has 0 atom stereocenters. The van der Waals surface area contributed by atoms with Gasteiger partial charge in [-0.3, -0.25) is 5.32 Å². The molecule has 1 N–H and O–H groups in total. The number of hydrogen-bond donors (Lipinski definition) is 1. The van der Waals surface area contributed by atoms with E-state index in [1.165, 1.54) is 5.06 Å². The third kappa shape index (κ3) is 3.45. The second-order valence-corrected chi connectivity index (χ2v) is 2.81. The maximum absolute atomic E-state index is 11.2. The fraction of sp³-hybridized carbons (Fsp3) is 0.300. The first kappa shape index (κ1) is 10.5. The van der Waals surface area contributed by atoms with Crippen LogP contribution in [0.25, 0.3) is 0 Å². The van der Waals surface area contributed by atoms with Crippen molar-refractivity contribution in [3.63, 3.8) is 0 Å². The molecular weight excluding hydrogens is 180 g/mol. The smallest absolute Gasteiger partial charge is 0.351 e. The van der Waals surface area contributed by atoms with E-state index in [0.717, 1.165) is 5.69 Å². The van der Waals surface area contributed by atoms with Crippen LogP contribution < -0.4 is 5.32 Å². The molecule has 4 nitrogen and oxygen atoms in total. The lowest BCUT2D eigenvalue weighted by atomic mass is 10.3. The van der Waals surface area contributed by atoms with Crippen molar-refractivity contribution in [2.75, 3.05) is 18.9 Å². The van der Waals surface area contributed by atoms with E-state index >= 15 is 0 Å². The van der Waals surface area contributed by atoms with Crippen LogP contribution in [-0.4, -0.2) is 24.7 Å². The molecule has 1 amide bonds. The summed E-state index contributed by atoms with van der Waals surface area (Å²) in [6, 6.07) is 9.17. The molecule has 0 aliphatic rings. The van der Waals surface area contributed by atoms with E-state index in [1.807, 2.05) is 25.1 Å². The van der Waals surface area contributed by atoms with Crippen LogP contribution in [-0.2, 0) is 4.84 Å². The third-order valence-corrected chi connectivity index (χ3v) is 1.70. The zero-order chi connectivity index (χ0) is 10.4. The van der Waals surface area contributed by atoms with Crippen molar-refractivity contribution in [2.24, 2.45) is 0 Å². The highest BCUT2D eigenvalue weighted by atomic mass is 16.7. The number of amides is 1. The second kappa shape index (κ2) is 5.24. The normalized spacial score (nSPS) is 9.93. The molecule has 0 aliphatic carbocycles. The van der Waals surface area contributed by atoms with Crippen molar-refractivity contribution in [2.45, 2.75) is 6.92 Å². The number of nitrogens with zero attached hydrogens (tertiary/aromatic N) is 1. The van der Waals surface area contributed by atoms with Crippen LogP contribution >= 0.6 is 0 Å². The first-order valence-electron chi connectivity index (χ1n) is 4.47. The molecule has 0 saturated heterocycles. The summed E-state index contributed by atoms with van der Waals surface area (Å²) in [5.74, 6) is 0. The van der Waals surface area contributed by atoms with Crippen molar-refractivity contribution >= 4 is 11.8 Å². The lowest BCUT2D eigenvalue weighted by Gasteiger charge is -2.13. The van der Waals surface area contributed by atoms with E-state index < -0.39 is 6.09 Å². The van der Waals surface area contributed by atoms with Gasteiger partial charge in [0.25, 0.3) is 0 Å². The van der Waals surface area contributed by atoms with Gasteiger partial charge in [-0.2, -0.15) is 0 Å². The van der Waals surface area contributed by atoms with E-state index in [9.17, 15) is 4.79 Å². The van der Waals surface area contributed by atoms with Crippen LogP contribution in [0.1, 0.15) is 6.92 Å². The molecule has 1 aromatic rings. The lowest BCUT2D eigenvalue weighted by Crippen LogP contribution is -2.26. The fourth-order valence-corrected chi connectivity index (χ4v) is 0.868. The highest BCUT2D eigenvalue weighted by Gasteiger charge is 2.04. The lowest BCUT2D eigenvalue weighted by molar-refractivity contribution is -0.0666. The summed E-state index contributed by atoms with van der Waals surface area (Å²) in [6.07, 6.45) is -0.472. The van der Waals surface area contributed by atoms with E-state index in [2.05, 4.69) is 5.32 Å². The molecule has 0 radical (unpaired) electrons. The SMILES string of the molecule is CCN(C)OC(=O)Nc1ccccc1. The number of carbonyl (C=O) groups excluding carboxylic acids is 1. The summed E-state index contributed by atoms with van der Waals surface area (Å²) in [7, 11) is 1.70. The largest absolute Gasteiger partial charge is 0.430 e. The van der Waals surface area contributed by atoms with E-state index in [0.29, 0.717) is 6.54 Å². The second-order valence-electron chi connectivity index (χ2n) is 2.81. The van der Waals surface area contributed by atoms with Crippen LogP contribution in [0.4, 0.5) is 10.5 Å². The monoisotopic (exact) mass is 194 g/mol. The highest BCUT2D eigenvalue weighted by molar-refractivity contribution is 5.84. The Kier molecular flexibility index (Phi) is 3.94. The molecule has 0 aromatic heterocycles. The standard InChI is InChI=1S/C10H14N2O2/c1-3-12(2)14-10(13)11-9-7-5-4-6-8-9/h4-8H,3H2,1-2H3,(H,11,13). The van der Waals surface area contributed by atoms with Crippen LogP contribution in [0.5, 0.6) is 0 Å². The van der Waals surface area contributed by atoms with Gasteiger partial charge >= 0.3 is 6.09 Å². The first-order valence-corrected chi connectivity index (χ1v) is 4.47. The number of para-hydroxylation sites is 1. The summed E-state index contributed by atoms with van der Waals surface area (Å²) in [6.45, 7) is 2.55. The van der Waals surface area contributed by atoms with Crippen molar-refractivity contribution in [3.05, 3.63) is 30.3 Å². The van der Waals surface area contributed by atoms with Crippen molar-refractivity contribution in [1.82, 2.24) is 5.06 Å². The Morgan fingerprint density at radius 3 is 2.64 bits per heavy atom. The van der Waals surface area contributed by atoms with Crippen molar-refractivity contribution in [1.29, 1.82) is 0 Å². The van der Waals surface area contributed by atoms with Gasteiger partial charge in [0.15, 0.2) is 0 Å². The minimum atomic E-state index is -0.472. The molecule has 14 heavy (non-hydrogen) atoms.